The second kappa shape index (κ2) is 8.03. The van der Waals surface area contributed by atoms with Gasteiger partial charge in [0, 0.05) is 59.9 Å². The molecule has 0 amide bonds. The molecule has 0 N–H and O–H groups in total. The van der Waals surface area contributed by atoms with Crippen LogP contribution in [-0.4, -0.2) is 0 Å². The lowest BCUT2D eigenvalue weighted by molar-refractivity contribution is 1.19. The molecule has 4 heterocycles. The molecule has 0 unspecified atom stereocenters. The molecule has 4 aromatic heterocycles. The molecule has 4 heteroatoms. The highest BCUT2D eigenvalue weighted by Gasteiger charge is 2.12. The van der Waals surface area contributed by atoms with Gasteiger partial charge in [-0.25, -0.2) is 0 Å². The van der Waals surface area contributed by atoms with Crippen LogP contribution in [0.1, 0.15) is 23.6 Å². The molecule has 0 spiro atoms. The SMILES string of the molecule is CCc1cc2c(ccc3sc(-c4ccc(-c5cc6c(ccc7sc(CC)cc76)s5)cc4)cc32)s1. The third-order valence-corrected chi connectivity index (χ3v) is 11.4. The minimum atomic E-state index is 1.11. The summed E-state index contributed by atoms with van der Waals surface area (Å²) in [5.41, 5.74) is 2.61. The van der Waals surface area contributed by atoms with Gasteiger partial charge in [-0.3, -0.25) is 0 Å². The second-order valence-corrected chi connectivity index (χ2v) is 13.2. The Morgan fingerprint density at radius 2 is 0.794 bits per heavy atom. The Balaban J connectivity index is 1.27. The van der Waals surface area contributed by atoms with E-state index in [0.29, 0.717) is 0 Å². The Kier molecular flexibility index (Phi) is 4.92. The van der Waals surface area contributed by atoms with Crippen molar-refractivity contribution < 1.29 is 0 Å². The molecule has 0 atom stereocenters. The van der Waals surface area contributed by atoms with Gasteiger partial charge >= 0.3 is 0 Å². The van der Waals surface area contributed by atoms with E-state index in [1.54, 1.807) is 0 Å². The average Bonchev–Trinajstić information content (AvgIpc) is 3.65. The van der Waals surface area contributed by atoms with E-state index >= 15 is 0 Å². The van der Waals surface area contributed by atoms with Crippen molar-refractivity contribution in [2.24, 2.45) is 0 Å². The van der Waals surface area contributed by atoms with Crippen LogP contribution < -0.4 is 0 Å². The average molecular weight is 511 g/mol. The minimum absolute atomic E-state index is 1.11. The van der Waals surface area contributed by atoms with Gasteiger partial charge in [-0.15, -0.1) is 45.3 Å². The summed E-state index contributed by atoms with van der Waals surface area (Å²) >= 11 is 7.66. The van der Waals surface area contributed by atoms with Gasteiger partial charge in [0.25, 0.3) is 0 Å². The second-order valence-electron chi connectivity index (χ2n) is 8.71. The molecule has 0 aliphatic heterocycles. The maximum Gasteiger partial charge on any atom is 0.0356 e. The molecule has 3 aromatic carbocycles. The van der Waals surface area contributed by atoms with Gasteiger partial charge in [0.15, 0.2) is 0 Å². The van der Waals surface area contributed by atoms with Crippen LogP contribution in [0.3, 0.4) is 0 Å². The number of fused-ring (bicyclic) bond motifs is 6. The summed E-state index contributed by atoms with van der Waals surface area (Å²) in [5.74, 6) is 0. The van der Waals surface area contributed by atoms with Crippen LogP contribution in [0.2, 0.25) is 0 Å². The van der Waals surface area contributed by atoms with Crippen molar-refractivity contribution in [3.8, 4) is 20.9 Å². The molecule has 34 heavy (non-hydrogen) atoms. The van der Waals surface area contributed by atoms with Crippen LogP contribution in [0, 0.1) is 0 Å². The molecule has 166 valence electrons. The summed E-state index contributed by atoms with van der Waals surface area (Å²) in [6.45, 7) is 4.48. The maximum absolute atomic E-state index is 2.39. The molecule has 7 rings (SSSR count). The third-order valence-electron chi connectivity index (χ3n) is 6.65. The van der Waals surface area contributed by atoms with Gasteiger partial charge < -0.3 is 0 Å². The van der Waals surface area contributed by atoms with Gasteiger partial charge in [0.05, 0.1) is 0 Å². The van der Waals surface area contributed by atoms with Crippen molar-refractivity contribution in [3.05, 3.63) is 82.6 Å². The lowest BCUT2D eigenvalue weighted by Crippen LogP contribution is -1.74. The van der Waals surface area contributed by atoms with E-state index in [-0.39, 0.29) is 0 Å². The molecule has 0 aliphatic rings. The molecule has 0 bridgehead atoms. The van der Waals surface area contributed by atoms with Gasteiger partial charge in [-0.1, -0.05) is 38.1 Å². The summed E-state index contributed by atoms with van der Waals surface area (Å²) in [6, 6.07) is 27.9. The molecular weight excluding hydrogens is 489 g/mol. The van der Waals surface area contributed by atoms with E-state index in [0.717, 1.165) is 12.8 Å². The zero-order chi connectivity index (χ0) is 22.8. The van der Waals surface area contributed by atoms with Crippen LogP contribution in [0.4, 0.5) is 0 Å². The van der Waals surface area contributed by atoms with E-state index in [1.807, 2.05) is 45.3 Å². The quantitative estimate of drug-likeness (QED) is 0.221. The molecule has 0 fully saturated rings. The monoisotopic (exact) mass is 510 g/mol. The Hall–Kier alpha value is -2.50. The summed E-state index contributed by atoms with van der Waals surface area (Å²) in [5, 5.41) is 5.62. The van der Waals surface area contributed by atoms with Crippen LogP contribution in [0.5, 0.6) is 0 Å². The van der Waals surface area contributed by atoms with Gasteiger partial charge in [0.2, 0.25) is 0 Å². The predicted molar refractivity (Wildman–Crippen MR) is 158 cm³/mol. The number of aryl methyl sites for hydroxylation is 2. The molecule has 0 nitrogen and oxygen atoms in total. The number of rotatable bonds is 4. The minimum Gasteiger partial charge on any atom is -0.140 e. The normalized spacial score (nSPS) is 12.1. The molecule has 0 radical (unpaired) electrons. The van der Waals surface area contributed by atoms with Crippen molar-refractivity contribution in [1.29, 1.82) is 0 Å². The molecule has 7 aromatic rings. The number of thiophene rings is 4. The lowest BCUT2D eigenvalue weighted by atomic mass is 10.1. The first-order chi connectivity index (χ1) is 16.7. The van der Waals surface area contributed by atoms with Crippen molar-refractivity contribution in [3.63, 3.8) is 0 Å². The highest BCUT2D eigenvalue weighted by Crippen LogP contribution is 2.42. The Bertz CT molecular complexity index is 1680. The highest BCUT2D eigenvalue weighted by atomic mass is 32.1. The van der Waals surface area contributed by atoms with Crippen LogP contribution in [0.25, 0.3) is 61.2 Å². The largest absolute Gasteiger partial charge is 0.140 e. The fraction of sp³-hybridized carbons (Fsp3) is 0.133. The molecule has 0 saturated carbocycles. The first kappa shape index (κ1) is 20.8. The fourth-order valence-corrected chi connectivity index (χ4v) is 9.00. The summed E-state index contributed by atoms with van der Waals surface area (Å²) in [7, 11) is 0. The van der Waals surface area contributed by atoms with E-state index in [9.17, 15) is 0 Å². The van der Waals surface area contributed by atoms with E-state index in [2.05, 4.69) is 86.6 Å². The number of benzene rings is 3. The summed E-state index contributed by atoms with van der Waals surface area (Å²) in [6.07, 6.45) is 2.21. The molecule has 0 saturated heterocycles. The summed E-state index contributed by atoms with van der Waals surface area (Å²) in [4.78, 5) is 5.63. The Labute approximate surface area is 214 Å². The third kappa shape index (κ3) is 3.28. The number of hydrogen-bond donors (Lipinski definition) is 0. The molecular formula is C30H22S4. The Morgan fingerprint density at radius 3 is 1.18 bits per heavy atom. The highest BCUT2D eigenvalue weighted by molar-refractivity contribution is 7.23. The first-order valence-corrected chi connectivity index (χ1v) is 15.0. The predicted octanol–water partition coefficient (Wildman–Crippen LogP) is 11.0. The standard InChI is InChI=1S/C30H22S4/c1-3-19-13-21-23-15-29(33-27(23)11-9-25(21)31-19)17-5-7-18(8-6-17)30-16-24-22-14-20(4-2)32-26(22)10-12-28(24)34-30/h5-16H,3-4H2,1-2H3. The zero-order valence-corrected chi connectivity index (χ0v) is 22.2. The van der Waals surface area contributed by atoms with Crippen LogP contribution in [-0.2, 0) is 12.8 Å². The van der Waals surface area contributed by atoms with E-state index in [1.165, 1.54) is 71.0 Å². The summed E-state index contributed by atoms with van der Waals surface area (Å²) < 4.78 is 5.56. The Morgan fingerprint density at radius 1 is 0.441 bits per heavy atom. The van der Waals surface area contributed by atoms with Crippen molar-refractivity contribution in [2.45, 2.75) is 26.7 Å². The van der Waals surface area contributed by atoms with Gasteiger partial charge in [-0.05, 0) is 72.5 Å². The topological polar surface area (TPSA) is 0 Å². The van der Waals surface area contributed by atoms with E-state index in [4.69, 9.17) is 0 Å². The molecule has 0 aliphatic carbocycles. The van der Waals surface area contributed by atoms with Crippen molar-refractivity contribution in [2.75, 3.05) is 0 Å². The van der Waals surface area contributed by atoms with Crippen LogP contribution >= 0.6 is 45.3 Å². The van der Waals surface area contributed by atoms with Crippen molar-refractivity contribution >= 4 is 85.7 Å². The smallest absolute Gasteiger partial charge is 0.0356 e. The van der Waals surface area contributed by atoms with Crippen molar-refractivity contribution in [1.82, 2.24) is 0 Å². The number of hydrogen-bond acceptors (Lipinski definition) is 4. The van der Waals surface area contributed by atoms with Gasteiger partial charge in [-0.2, -0.15) is 0 Å². The van der Waals surface area contributed by atoms with E-state index < -0.39 is 0 Å². The van der Waals surface area contributed by atoms with Crippen LogP contribution in [0.15, 0.2) is 72.8 Å². The fourth-order valence-electron chi connectivity index (χ4n) is 4.80. The first-order valence-electron chi connectivity index (χ1n) is 11.7. The zero-order valence-electron chi connectivity index (χ0n) is 19.0. The lowest BCUT2D eigenvalue weighted by Gasteiger charge is -2.00. The maximum atomic E-state index is 2.39. The van der Waals surface area contributed by atoms with Gasteiger partial charge in [0.1, 0.15) is 0 Å².